The number of amides is 1. The van der Waals surface area contributed by atoms with Gasteiger partial charge in [0, 0.05) is 12.6 Å². The summed E-state index contributed by atoms with van der Waals surface area (Å²) in [6, 6.07) is 0.206. The molecule has 1 amide bonds. The molecule has 0 aliphatic heterocycles. The van der Waals surface area contributed by atoms with Crippen LogP contribution in [0, 0.1) is 0 Å². The zero-order chi connectivity index (χ0) is 12.0. The number of tetrazole rings is 1. The Morgan fingerprint density at radius 2 is 2.25 bits per heavy atom. The maximum absolute atomic E-state index is 12.1. The van der Waals surface area contributed by atoms with Crippen LogP contribution in [-0.2, 0) is 0 Å². The van der Waals surface area contributed by atoms with E-state index in [1.165, 1.54) is 0 Å². The summed E-state index contributed by atoms with van der Waals surface area (Å²) in [4.78, 5) is 13.9. The minimum atomic E-state index is -0.142. The lowest BCUT2D eigenvalue weighted by Crippen LogP contribution is -2.39. The second kappa shape index (κ2) is 6.19. The van der Waals surface area contributed by atoms with E-state index in [4.69, 9.17) is 0 Å². The number of aromatic amines is 1. The number of hydrogen-bond donors (Lipinski definition) is 1. The van der Waals surface area contributed by atoms with Crippen molar-refractivity contribution in [1.82, 2.24) is 25.5 Å². The van der Waals surface area contributed by atoms with Gasteiger partial charge in [-0.05, 0) is 25.0 Å². The van der Waals surface area contributed by atoms with Gasteiger partial charge in [-0.3, -0.25) is 4.79 Å². The number of nitrogens with zero attached hydrogens (tertiary/aromatic N) is 4. The average molecular weight is 225 g/mol. The molecule has 0 saturated carbocycles. The molecule has 6 nitrogen and oxygen atoms in total. The largest absolute Gasteiger partial charge is 0.333 e. The molecule has 0 bridgehead atoms. The Kier molecular flexibility index (Phi) is 4.88. The molecule has 16 heavy (non-hydrogen) atoms. The summed E-state index contributed by atoms with van der Waals surface area (Å²) >= 11 is 0. The number of H-pyrrole nitrogens is 1. The number of hydrogen-bond acceptors (Lipinski definition) is 4. The normalized spacial score (nSPS) is 12.4. The van der Waals surface area contributed by atoms with Gasteiger partial charge in [0.2, 0.25) is 0 Å². The highest BCUT2D eigenvalue weighted by Gasteiger charge is 2.22. The van der Waals surface area contributed by atoms with E-state index >= 15 is 0 Å². The Hall–Kier alpha value is -1.46. The van der Waals surface area contributed by atoms with Gasteiger partial charge in [-0.2, -0.15) is 5.21 Å². The topological polar surface area (TPSA) is 74.8 Å². The van der Waals surface area contributed by atoms with Crippen LogP contribution in [0.2, 0.25) is 0 Å². The summed E-state index contributed by atoms with van der Waals surface area (Å²) in [5.41, 5.74) is 0. The van der Waals surface area contributed by atoms with Gasteiger partial charge in [-0.25, -0.2) is 0 Å². The fourth-order valence-electron chi connectivity index (χ4n) is 1.45. The zero-order valence-corrected chi connectivity index (χ0v) is 10.1. The first kappa shape index (κ1) is 12.6. The molecule has 1 aromatic heterocycles. The van der Waals surface area contributed by atoms with Gasteiger partial charge in [-0.15, -0.1) is 10.2 Å². The molecular weight excluding hydrogens is 206 g/mol. The van der Waals surface area contributed by atoms with Crippen molar-refractivity contribution in [3.63, 3.8) is 0 Å². The van der Waals surface area contributed by atoms with Crippen molar-refractivity contribution < 1.29 is 4.79 Å². The Morgan fingerprint density at radius 3 is 2.75 bits per heavy atom. The van der Waals surface area contributed by atoms with Crippen molar-refractivity contribution in [2.24, 2.45) is 0 Å². The van der Waals surface area contributed by atoms with Crippen LogP contribution in [0.15, 0.2) is 0 Å². The van der Waals surface area contributed by atoms with Crippen molar-refractivity contribution in [2.75, 3.05) is 6.54 Å². The summed E-state index contributed by atoms with van der Waals surface area (Å²) in [6.45, 7) is 6.95. The molecule has 0 saturated heterocycles. The highest BCUT2D eigenvalue weighted by Crippen LogP contribution is 2.08. The third kappa shape index (κ3) is 3.01. The van der Waals surface area contributed by atoms with Gasteiger partial charge in [0.25, 0.3) is 11.7 Å². The molecule has 1 aromatic rings. The molecule has 90 valence electrons. The minimum absolute atomic E-state index is 0.142. The van der Waals surface area contributed by atoms with Crippen molar-refractivity contribution >= 4 is 5.91 Å². The van der Waals surface area contributed by atoms with Gasteiger partial charge < -0.3 is 4.90 Å². The number of carbonyl (C=O) groups is 1. The van der Waals surface area contributed by atoms with Crippen LogP contribution in [0.4, 0.5) is 0 Å². The number of nitrogens with one attached hydrogen (secondary N) is 1. The molecule has 0 aliphatic rings. The lowest BCUT2D eigenvalue weighted by atomic mass is 10.2. The third-order valence-corrected chi connectivity index (χ3v) is 2.67. The lowest BCUT2D eigenvalue weighted by molar-refractivity contribution is 0.0672. The molecule has 1 heterocycles. The second-order valence-corrected chi connectivity index (χ2v) is 3.84. The van der Waals surface area contributed by atoms with Crippen LogP contribution >= 0.6 is 0 Å². The maximum atomic E-state index is 12.1. The maximum Gasteiger partial charge on any atom is 0.295 e. The molecule has 6 heteroatoms. The first-order chi connectivity index (χ1) is 7.70. The van der Waals surface area contributed by atoms with E-state index in [2.05, 4.69) is 34.5 Å². The molecular formula is C10H19N5O. The molecule has 0 aliphatic carbocycles. The van der Waals surface area contributed by atoms with Crippen molar-refractivity contribution in [1.29, 1.82) is 0 Å². The number of aromatic nitrogens is 4. The smallest absolute Gasteiger partial charge is 0.295 e. The summed E-state index contributed by atoms with van der Waals surface area (Å²) in [7, 11) is 0. The summed E-state index contributed by atoms with van der Waals surface area (Å²) < 4.78 is 0. The standard InChI is InChI=1S/C10H19N5O/c1-4-6-7-15(8(3)5-2)10(16)9-11-13-14-12-9/h8H,4-7H2,1-3H3,(H,11,12,13,14). The summed E-state index contributed by atoms with van der Waals surface area (Å²) in [5.74, 6) is 0.00736. The highest BCUT2D eigenvalue weighted by atomic mass is 16.2. The van der Waals surface area contributed by atoms with Crippen LogP contribution in [-0.4, -0.2) is 44.0 Å². The minimum Gasteiger partial charge on any atom is -0.333 e. The quantitative estimate of drug-likeness (QED) is 0.790. The average Bonchev–Trinajstić information content (AvgIpc) is 2.82. The van der Waals surface area contributed by atoms with Crippen molar-refractivity contribution in [3.8, 4) is 0 Å². The van der Waals surface area contributed by atoms with E-state index in [-0.39, 0.29) is 17.8 Å². The Morgan fingerprint density at radius 1 is 1.50 bits per heavy atom. The fourth-order valence-corrected chi connectivity index (χ4v) is 1.45. The van der Waals surface area contributed by atoms with E-state index in [1.54, 1.807) is 0 Å². The van der Waals surface area contributed by atoms with Crippen LogP contribution in [0.25, 0.3) is 0 Å². The van der Waals surface area contributed by atoms with Crippen LogP contribution in [0.5, 0.6) is 0 Å². The van der Waals surface area contributed by atoms with E-state index in [0.29, 0.717) is 0 Å². The monoisotopic (exact) mass is 225 g/mol. The van der Waals surface area contributed by atoms with Crippen LogP contribution < -0.4 is 0 Å². The second-order valence-electron chi connectivity index (χ2n) is 3.84. The molecule has 0 radical (unpaired) electrons. The molecule has 0 spiro atoms. The van der Waals surface area contributed by atoms with E-state index in [0.717, 1.165) is 25.8 Å². The first-order valence-electron chi connectivity index (χ1n) is 5.75. The number of carbonyl (C=O) groups excluding carboxylic acids is 1. The van der Waals surface area contributed by atoms with E-state index in [1.807, 2.05) is 11.8 Å². The fraction of sp³-hybridized carbons (Fsp3) is 0.800. The molecule has 1 atom stereocenters. The van der Waals surface area contributed by atoms with Gasteiger partial charge in [0.15, 0.2) is 0 Å². The first-order valence-corrected chi connectivity index (χ1v) is 5.75. The predicted octanol–water partition coefficient (Wildman–Crippen LogP) is 1.24. The van der Waals surface area contributed by atoms with E-state index < -0.39 is 0 Å². The van der Waals surface area contributed by atoms with Crippen molar-refractivity contribution in [3.05, 3.63) is 5.82 Å². The Bertz CT molecular complexity index is 311. The molecule has 1 N–H and O–H groups in total. The predicted molar refractivity (Wildman–Crippen MR) is 59.9 cm³/mol. The Balaban J connectivity index is 2.71. The highest BCUT2D eigenvalue weighted by molar-refractivity contribution is 5.90. The SMILES string of the molecule is CCCCN(C(=O)c1nn[nH]n1)C(C)CC. The van der Waals surface area contributed by atoms with Crippen LogP contribution in [0.3, 0.4) is 0 Å². The number of unbranched alkanes of at least 4 members (excludes halogenated alkanes) is 1. The molecule has 0 fully saturated rings. The summed E-state index contributed by atoms with van der Waals surface area (Å²) in [6.07, 6.45) is 2.98. The lowest BCUT2D eigenvalue weighted by Gasteiger charge is -2.27. The third-order valence-electron chi connectivity index (χ3n) is 2.67. The summed E-state index contributed by atoms with van der Waals surface area (Å²) in [5, 5.41) is 13.2. The van der Waals surface area contributed by atoms with E-state index in [9.17, 15) is 4.79 Å². The molecule has 0 aromatic carbocycles. The van der Waals surface area contributed by atoms with Crippen molar-refractivity contribution in [2.45, 2.75) is 46.1 Å². The van der Waals surface area contributed by atoms with Crippen LogP contribution in [0.1, 0.15) is 50.7 Å². The van der Waals surface area contributed by atoms with Gasteiger partial charge in [-0.1, -0.05) is 20.3 Å². The van der Waals surface area contributed by atoms with Gasteiger partial charge in [0.05, 0.1) is 0 Å². The molecule has 1 rings (SSSR count). The van der Waals surface area contributed by atoms with Gasteiger partial charge in [0.1, 0.15) is 0 Å². The molecule has 1 unspecified atom stereocenters. The zero-order valence-electron chi connectivity index (χ0n) is 10.1. The van der Waals surface area contributed by atoms with Gasteiger partial charge >= 0.3 is 0 Å². The number of rotatable bonds is 6. The Labute approximate surface area is 95.4 Å².